The first-order valence-electron chi connectivity index (χ1n) is 6.31. The van der Waals surface area contributed by atoms with Gasteiger partial charge >= 0.3 is 5.97 Å². The van der Waals surface area contributed by atoms with Gasteiger partial charge in [-0.25, -0.2) is 0 Å². The van der Waals surface area contributed by atoms with E-state index in [2.05, 4.69) is 34.9 Å². The van der Waals surface area contributed by atoms with Gasteiger partial charge in [0, 0.05) is 12.3 Å². The van der Waals surface area contributed by atoms with Crippen LogP contribution in [0.3, 0.4) is 0 Å². The molecule has 1 aromatic heterocycles. The van der Waals surface area contributed by atoms with Crippen LogP contribution in [0.4, 0.5) is 0 Å². The number of halogens is 1. The van der Waals surface area contributed by atoms with E-state index >= 15 is 0 Å². The number of nitrogens with zero attached hydrogens (tertiary/aromatic N) is 2. The van der Waals surface area contributed by atoms with Crippen molar-refractivity contribution in [3.63, 3.8) is 0 Å². The second-order valence-corrected chi connectivity index (χ2v) is 6.06. The monoisotopic (exact) mass is 349 g/mol. The van der Waals surface area contributed by atoms with Gasteiger partial charge in [-0.1, -0.05) is 6.92 Å². The van der Waals surface area contributed by atoms with Crippen molar-refractivity contribution in [2.45, 2.75) is 45.0 Å². The van der Waals surface area contributed by atoms with Gasteiger partial charge in [0.1, 0.15) is 6.04 Å². The van der Waals surface area contributed by atoms with Crippen molar-refractivity contribution in [2.24, 2.45) is 5.73 Å². The number of aliphatic carboxylic acids is 1. The van der Waals surface area contributed by atoms with Crippen LogP contribution in [-0.4, -0.2) is 32.7 Å². The van der Waals surface area contributed by atoms with Gasteiger partial charge in [0.25, 0.3) is 0 Å². The van der Waals surface area contributed by atoms with Crippen molar-refractivity contribution in [3.8, 4) is 0 Å². The number of carboxylic acids is 1. The van der Waals surface area contributed by atoms with E-state index in [9.17, 15) is 4.79 Å². The Bertz CT molecular complexity index is 437. The maximum Gasteiger partial charge on any atom is 0.320 e. The van der Waals surface area contributed by atoms with E-state index in [1.807, 2.05) is 4.68 Å². The fraction of sp³-hybridized carbons (Fsp3) is 0.667. The Hall–Kier alpha value is -0.530. The number of hydrogen-bond acceptors (Lipinski definition) is 4. The van der Waals surface area contributed by atoms with Crippen molar-refractivity contribution >= 4 is 33.7 Å². The van der Waals surface area contributed by atoms with Crippen molar-refractivity contribution in [3.05, 3.63) is 15.9 Å². The van der Waals surface area contributed by atoms with Gasteiger partial charge in [-0.15, -0.1) is 0 Å². The molecule has 0 fully saturated rings. The summed E-state index contributed by atoms with van der Waals surface area (Å²) in [5.41, 5.74) is 7.70. The number of nitrogens with two attached hydrogens (primary N) is 1. The average Bonchev–Trinajstić information content (AvgIpc) is 2.70. The van der Waals surface area contributed by atoms with Crippen LogP contribution in [0.25, 0.3) is 0 Å². The number of carbonyl (C=O) groups is 1. The molecule has 0 saturated carbocycles. The van der Waals surface area contributed by atoms with Crippen molar-refractivity contribution in [2.75, 3.05) is 5.75 Å². The first-order valence-corrected chi connectivity index (χ1v) is 8.26. The molecule has 0 saturated heterocycles. The first-order chi connectivity index (χ1) is 9.01. The Kier molecular flexibility index (Phi) is 6.88. The highest BCUT2D eigenvalue weighted by molar-refractivity contribution is 9.10. The maximum absolute atomic E-state index is 10.6. The standard InChI is InChI=1S/C12H20BrN3O2S/c1-3-9-11(13)10(16(4-2)15-9)7-19-6-5-8(14)12(17)18/h8H,3-7,14H2,1-2H3,(H,17,18). The number of aromatic nitrogens is 2. The van der Waals surface area contributed by atoms with Crippen LogP contribution >= 0.6 is 27.7 Å². The highest BCUT2D eigenvalue weighted by Gasteiger charge is 2.15. The zero-order valence-corrected chi connectivity index (χ0v) is 13.6. The third kappa shape index (κ3) is 4.50. The van der Waals surface area contributed by atoms with Crippen LogP contribution < -0.4 is 5.73 Å². The zero-order valence-electron chi connectivity index (χ0n) is 11.2. The molecule has 3 N–H and O–H groups in total. The van der Waals surface area contributed by atoms with E-state index in [-0.39, 0.29) is 0 Å². The minimum absolute atomic E-state index is 0.485. The maximum atomic E-state index is 10.6. The van der Waals surface area contributed by atoms with E-state index in [0.29, 0.717) is 6.42 Å². The van der Waals surface area contributed by atoms with Crippen molar-refractivity contribution in [1.82, 2.24) is 9.78 Å². The molecule has 0 aliphatic rings. The lowest BCUT2D eigenvalue weighted by atomic mass is 10.2. The Balaban J connectivity index is 2.53. The van der Waals surface area contributed by atoms with E-state index in [1.54, 1.807) is 11.8 Å². The van der Waals surface area contributed by atoms with Gasteiger partial charge in [-0.05, 0) is 41.4 Å². The van der Waals surface area contributed by atoms with E-state index < -0.39 is 12.0 Å². The summed E-state index contributed by atoms with van der Waals surface area (Å²) in [7, 11) is 0. The molecule has 0 amide bonds. The molecule has 0 aliphatic carbocycles. The summed E-state index contributed by atoms with van der Waals surface area (Å²) in [6.07, 6.45) is 1.38. The van der Waals surface area contributed by atoms with Gasteiger partial charge in [0.05, 0.1) is 15.9 Å². The highest BCUT2D eigenvalue weighted by atomic mass is 79.9. The summed E-state index contributed by atoms with van der Waals surface area (Å²) in [4.78, 5) is 10.6. The lowest BCUT2D eigenvalue weighted by molar-refractivity contribution is -0.138. The van der Waals surface area contributed by atoms with Crippen LogP contribution in [0, 0.1) is 0 Å². The zero-order chi connectivity index (χ0) is 14.4. The molecule has 19 heavy (non-hydrogen) atoms. The van der Waals surface area contributed by atoms with E-state index in [0.717, 1.165) is 40.3 Å². The van der Waals surface area contributed by atoms with Crippen LogP contribution in [0.5, 0.6) is 0 Å². The van der Waals surface area contributed by atoms with Crippen molar-refractivity contribution in [1.29, 1.82) is 0 Å². The number of hydrogen-bond donors (Lipinski definition) is 2. The fourth-order valence-electron chi connectivity index (χ4n) is 1.66. The summed E-state index contributed by atoms with van der Waals surface area (Å²) in [6.45, 7) is 4.98. The van der Waals surface area contributed by atoms with Gasteiger partial charge in [-0.2, -0.15) is 16.9 Å². The molecule has 1 aromatic rings. The van der Waals surface area contributed by atoms with Crippen LogP contribution in [0.2, 0.25) is 0 Å². The third-order valence-electron chi connectivity index (χ3n) is 2.82. The van der Waals surface area contributed by atoms with Crippen LogP contribution in [-0.2, 0) is 23.5 Å². The molecule has 1 rings (SSSR count). The molecule has 0 radical (unpaired) electrons. The smallest absolute Gasteiger partial charge is 0.320 e. The highest BCUT2D eigenvalue weighted by Crippen LogP contribution is 2.26. The van der Waals surface area contributed by atoms with Gasteiger partial charge in [0.15, 0.2) is 0 Å². The Morgan fingerprint density at radius 1 is 1.58 bits per heavy atom. The van der Waals surface area contributed by atoms with Crippen LogP contribution in [0.1, 0.15) is 31.7 Å². The van der Waals surface area contributed by atoms with Gasteiger partial charge in [0.2, 0.25) is 0 Å². The molecule has 7 heteroatoms. The lowest BCUT2D eigenvalue weighted by Crippen LogP contribution is -2.30. The summed E-state index contributed by atoms with van der Waals surface area (Å²) >= 11 is 5.28. The van der Waals surface area contributed by atoms with E-state index in [1.165, 1.54) is 0 Å². The predicted molar refractivity (Wildman–Crippen MR) is 81.4 cm³/mol. The minimum atomic E-state index is -0.936. The molecule has 108 valence electrons. The number of thioether (sulfide) groups is 1. The molecule has 5 nitrogen and oxygen atoms in total. The second-order valence-electron chi connectivity index (χ2n) is 4.16. The van der Waals surface area contributed by atoms with E-state index in [4.69, 9.17) is 10.8 Å². The molecular formula is C12H20BrN3O2S. The van der Waals surface area contributed by atoms with Gasteiger partial charge < -0.3 is 10.8 Å². The Morgan fingerprint density at radius 2 is 2.26 bits per heavy atom. The SMILES string of the molecule is CCc1nn(CC)c(CSCCC(N)C(=O)O)c1Br. The molecule has 1 unspecified atom stereocenters. The second kappa shape index (κ2) is 7.91. The molecule has 0 bridgehead atoms. The quantitative estimate of drug-likeness (QED) is 0.703. The number of carboxylic acid groups (broad SMARTS) is 1. The van der Waals surface area contributed by atoms with Crippen LogP contribution in [0.15, 0.2) is 4.47 Å². The third-order valence-corrected chi connectivity index (χ3v) is 4.74. The summed E-state index contributed by atoms with van der Waals surface area (Å²) in [6, 6.07) is -0.766. The lowest BCUT2D eigenvalue weighted by Gasteiger charge is -2.07. The summed E-state index contributed by atoms with van der Waals surface area (Å²) in [5, 5.41) is 13.2. The molecular weight excluding hydrogens is 330 g/mol. The van der Waals surface area contributed by atoms with Gasteiger partial charge in [-0.3, -0.25) is 9.48 Å². The molecule has 0 aromatic carbocycles. The molecule has 1 heterocycles. The largest absolute Gasteiger partial charge is 0.480 e. The first kappa shape index (κ1) is 16.5. The Labute approximate surface area is 126 Å². The number of rotatable bonds is 8. The number of aryl methyl sites for hydroxylation is 2. The summed E-state index contributed by atoms with van der Waals surface area (Å²) < 4.78 is 3.07. The Morgan fingerprint density at radius 3 is 2.79 bits per heavy atom. The molecule has 0 aliphatic heterocycles. The minimum Gasteiger partial charge on any atom is -0.480 e. The predicted octanol–water partition coefficient (Wildman–Crippen LogP) is 2.26. The topological polar surface area (TPSA) is 81.1 Å². The molecule has 1 atom stereocenters. The fourth-order valence-corrected chi connectivity index (χ4v) is 3.60. The molecule has 0 spiro atoms. The summed E-state index contributed by atoms with van der Waals surface area (Å²) in [5.74, 6) is 0.609. The average molecular weight is 350 g/mol. The van der Waals surface area contributed by atoms with Crippen molar-refractivity contribution < 1.29 is 9.90 Å². The normalized spacial score (nSPS) is 12.6.